The van der Waals surface area contributed by atoms with Crippen LogP contribution in [0.3, 0.4) is 0 Å². The topological polar surface area (TPSA) is 80.5 Å². The SMILES string of the molecule is N#Cc1cnn(-c2nc(-c3cccs3)cs2)c1N. The highest BCUT2D eigenvalue weighted by atomic mass is 32.1. The van der Waals surface area contributed by atoms with Crippen LogP contribution >= 0.6 is 22.7 Å². The van der Waals surface area contributed by atoms with E-state index in [9.17, 15) is 0 Å². The number of nitrogens with two attached hydrogens (primary N) is 1. The molecule has 0 amide bonds. The number of nitrogen functional groups attached to an aromatic ring is 1. The standard InChI is InChI=1S/C11H7N5S2/c12-4-7-5-14-16(10(7)13)11-15-8(6-18-11)9-2-1-3-17-9/h1-3,5-6H,13H2. The second kappa shape index (κ2) is 4.25. The molecule has 0 spiro atoms. The van der Waals surface area contributed by atoms with E-state index in [1.54, 1.807) is 11.3 Å². The molecular formula is C11H7N5S2. The van der Waals surface area contributed by atoms with Crippen molar-refractivity contribution in [1.82, 2.24) is 14.8 Å². The zero-order chi connectivity index (χ0) is 12.5. The largest absolute Gasteiger partial charge is 0.382 e. The molecule has 0 radical (unpaired) electrons. The van der Waals surface area contributed by atoms with Gasteiger partial charge in [0.15, 0.2) is 0 Å². The average molecular weight is 273 g/mol. The van der Waals surface area contributed by atoms with Gasteiger partial charge in [0, 0.05) is 5.38 Å². The Morgan fingerprint density at radius 2 is 2.28 bits per heavy atom. The lowest BCUT2D eigenvalue weighted by atomic mass is 10.4. The molecule has 0 aliphatic heterocycles. The van der Waals surface area contributed by atoms with Crippen LogP contribution in [-0.4, -0.2) is 14.8 Å². The van der Waals surface area contributed by atoms with Crippen molar-refractivity contribution in [3.8, 4) is 21.8 Å². The van der Waals surface area contributed by atoms with E-state index in [-0.39, 0.29) is 0 Å². The fraction of sp³-hybridized carbons (Fsp3) is 0. The zero-order valence-electron chi connectivity index (χ0n) is 9.07. The highest BCUT2D eigenvalue weighted by Crippen LogP contribution is 2.28. The summed E-state index contributed by atoms with van der Waals surface area (Å²) in [7, 11) is 0. The van der Waals surface area contributed by atoms with Crippen LogP contribution in [-0.2, 0) is 0 Å². The van der Waals surface area contributed by atoms with Crippen LogP contribution < -0.4 is 5.73 Å². The first-order valence-electron chi connectivity index (χ1n) is 5.03. The number of anilines is 1. The van der Waals surface area contributed by atoms with Crippen molar-refractivity contribution in [2.24, 2.45) is 0 Å². The Hall–Kier alpha value is -2.17. The maximum atomic E-state index is 8.84. The van der Waals surface area contributed by atoms with Crippen molar-refractivity contribution < 1.29 is 0 Å². The van der Waals surface area contributed by atoms with Crippen LogP contribution in [0.25, 0.3) is 15.7 Å². The third-order valence-electron chi connectivity index (χ3n) is 2.37. The Morgan fingerprint density at radius 3 is 2.94 bits per heavy atom. The lowest BCUT2D eigenvalue weighted by Gasteiger charge is -1.97. The van der Waals surface area contributed by atoms with E-state index in [1.165, 1.54) is 22.2 Å². The smallest absolute Gasteiger partial charge is 0.212 e. The van der Waals surface area contributed by atoms with Crippen molar-refractivity contribution in [3.63, 3.8) is 0 Å². The molecule has 18 heavy (non-hydrogen) atoms. The van der Waals surface area contributed by atoms with Crippen LogP contribution in [0.2, 0.25) is 0 Å². The van der Waals surface area contributed by atoms with Gasteiger partial charge < -0.3 is 5.73 Å². The molecule has 3 heterocycles. The van der Waals surface area contributed by atoms with Gasteiger partial charge in [0.25, 0.3) is 0 Å². The van der Waals surface area contributed by atoms with E-state index in [0.717, 1.165) is 10.6 Å². The molecular weight excluding hydrogens is 266 g/mol. The lowest BCUT2D eigenvalue weighted by Crippen LogP contribution is -2.01. The van der Waals surface area contributed by atoms with Gasteiger partial charge in [0.2, 0.25) is 5.13 Å². The summed E-state index contributed by atoms with van der Waals surface area (Å²) in [5.74, 6) is 0.324. The fourth-order valence-electron chi connectivity index (χ4n) is 1.50. The summed E-state index contributed by atoms with van der Waals surface area (Å²) < 4.78 is 1.49. The van der Waals surface area contributed by atoms with Crippen molar-refractivity contribution >= 4 is 28.5 Å². The monoisotopic (exact) mass is 273 g/mol. The van der Waals surface area contributed by atoms with Gasteiger partial charge in [-0.3, -0.25) is 0 Å². The third-order valence-corrected chi connectivity index (χ3v) is 4.08. The summed E-state index contributed by atoms with van der Waals surface area (Å²) in [4.78, 5) is 5.57. The molecule has 0 unspecified atom stereocenters. The molecule has 3 aromatic heterocycles. The zero-order valence-corrected chi connectivity index (χ0v) is 10.7. The number of rotatable bonds is 2. The summed E-state index contributed by atoms with van der Waals surface area (Å²) in [6.45, 7) is 0. The number of nitrogens with zero attached hydrogens (tertiary/aromatic N) is 4. The van der Waals surface area contributed by atoms with Crippen LogP contribution in [0.1, 0.15) is 5.56 Å². The van der Waals surface area contributed by atoms with Gasteiger partial charge >= 0.3 is 0 Å². The van der Waals surface area contributed by atoms with Crippen LogP contribution in [0, 0.1) is 11.3 Å². The number of thiophene rings is 1. The number of nitriles is 1. The Kier molecular flexibility index (Phi) is 2.59. The molecule has 0 bridgehead atoms. The molecule has 5 nitrogen and oxygen atoms in total. The van der Waals surface area contributed by atoms with E-state index in [1.807, 2.05) is 29.0 Å². The van der Waals surface area contributed by atoms with Crippen molar-refractivity contribution in [3.05, 3.63) is 34.7 Å². The predicted octanol–water partition coefficient (Wildman–Crippen LogP) is 2.51. The molecule has 0 fully saturated rings. The van der Waals surface area contributed by atoms with Crippen molar-refractivity contribution in [1.29, 1.82) is 5.26 Å². The summed E-state index contributed by atoms with van der Waals surface area (Å²) in [5.41, 5.74) is 7.09. The first-order chi connectivity index (χ1) is 8.79. The molecule has 2 N–H and O–H groups in total. The van der Waals surface area contributed by atoms with Crippen molar-refractivity contribution in [2.75, 3.05) is 5.73 Å². The molecule has 88 valence electrons. The van der Waals surface area contributed by atoms with E-state index in [4.69, 9.17) is 11.0 Å². The Bertz CT molecular complexity index is 717. The maximum Gasteiger partial charge on any atom is 0.212 e. The van der Waals surface area contributed by atoms with Crippen molar-refractivity contribution in [2.45, 2.75) is 0 Å². The first-order valence-corrected chi connectivity index (χ1v) is 6.79. The first kappa shape index (κ1) is 11.0. The highest BCUT2D eigenvalue weighted by Gasteiger charge is 2.12. The number of aromatic nitrogens is 3. The minimum Gasteiger partial charge on any atom is -0.382 e. The second-order valence-electron chi connectivity index (χ2n) is 3.46. The van der Waals surface area contributed by atoms with Gasteiger partial charge in [0.05, 0.1) is 16.8 Å². The van der Waals surface area contributed by atoms with E-state index >= 15 is 0 Å². The van der Waals surface area contributed by atoms with E-state index < -0.39 is 0 Å². The van der Waals surface area contributed by atoms with E-state index in [0.29, 0.717) is 16.5 Å². The van der Waals surface area contributed by atoms with E-state index in [2.05, 4.69) is 10.1 Å². The molecule has 0 aliphatic rings. The molecule has 0 saturated carbocycles. The Morgan fingerprint density at radius 1 is 1.39 bits per heavy atom. The predicted molar refractivity (Wildman–Crippen MR) is 71.7 cm³/mol. The van der Waals surface area contributed by atoms with Crippen LogP contribution in [0.15, 0.2) is 29.1 Å². The number of hydrogen-bond donors (Lipinski definition) is 1. The molecule has 0 aromatic carbocycles. The van der Waals surface area contributed by atoms with Crippen LogP contribution in [0.5, 0.6) is 0 Å². The van der Waals surface area contributed by atoms with Gasteiger partial charge in [-0.05, 0) is 11.4 Å². The third kappa shape index (κ3) is 1.68. The minimum atomic E-state index is 0.324. The number of thiazole rings is 1. The maximum absolute atomic E-state index is 8.84. The Labute approximate surface area is 111 Å². The molecule has 7 heteroatoms. The fourth-order valence-corrected chi connectivity index (χ4v) is 3.05. The summed E-state index contributed by atoms with van der Waals surface area (Å²) in [6.07, 6.45) is 1.45. The Balaban J connectivity index is 2.03. The average Bonchev–Trinajstić information content (AvgIpc) is 3.08. The molecule has 3 aromatic rings. The minimum absolute atomic E-state index is 0.324. The summed E-state index contributed by atoms with van der Waals surface area (Å²) >= 11 is 3.07. The quantitative estimate of drug-likeness (QED) is 0.778. The molecule has 3 rings (SSSR count). The van der Waals surface area contributed by atoms with Gasteiger partial charge in [-0.15, -0.1) is 22.7 Å². The molecule has 0 saturated heterocycles. The molecule has 0 aliphatic carbocycles. The molecule has 0 atom stereocenters. The summed E-state index contributed by atoms with van der Waals surface area (Å²) in [5, 5.41) is 17.5. The highest BCUT2D eigenvalue weighted by molar-refractivity contribution is 7.15. The lowest BCUT2D eigenvalue weighted by molar-refractivity contribution is 0.881. The number of hydrogen-bond acceptors (Lipinski definition) is 6. The van der Waals surface area contributed by atoms with Crippen LogP contribution in [0.4, 0.5) is 5.82 Å². The normalized spacial score (nSPS) is 10.4. The van der Waals surface area contributed by atoms with Gasteiger partial charge in [-0.1, -0.05) is 6.07 Å². The summed E-state index contributed by atoms with van der Waals surface area (Å²) in [6, 6.07) is 5.98. The second-order valence-corrected chi connectivity index (χ2v) is 5.24. The van der Waals surface area contributed by atoms with Gasteiger partial charge in [-0.25, -0.2) is 4.98 Å². The van der Waals surface area contributed by atoms with Gasteiger partial charge in [0.1, 0.15) is 17.5 Å². The van der Waals surface area contributed by atoms with Gasteiger partial charge in [-0.2, -0.15) is 15.0 Å².